The van der Waals surface area contributed by atoms with Gasteiger partial charge in [0.1, 0.15) is 6.10 Å². The van der Waals surface area contributed by atoms with E-state index in [2.05, 4.69) is 46.5 Å². The quantitative estimate of drug-likeness (QED) is 0.339. The summed E-state index contributed by atoms with van der Waals surface area (Å²) in [5, 5.41) is 7.69. The Morgan fingerprint density at radius 1 is 1.25 bits per heavy atom. The van der Waals surface area contributed by atoms with Crippen LogP contribution >= 0.6 is 24.0 Å². The number of guanidine groups is 1. The highest BCUT2D eigenvalue weighted by Gasteiger charge is 2.25. The number of benzene rings is 1. The van der Waals surface area contributed by atoms with Crippen LogP contribution in [-0.2, 0) is 29.7 Å². The lowest BCUT2D eigenvalue weighted by atomic mass is 10.1. The summed E-state index contributed by atoms with van der Waals surface area (Å²) in [6, 6.07) is 8.44. The van der Waals surface area contributed by atoms with Gasteiger partial charge in [0.15, 0.2) is 5.96 Å². The normalized spacial score (nSPS) is 19.2. The summed E-state index contributed by atoms with van der Waals surface area (Å²) >= 11 is 0. The predicted octanol–water partition coefficient (Wildman–Crippen LogP) is 2.70. The summed E-state index contributed by atoms with van der Waals surface area (Å²) in [4.78, 5) is 20.9. The number of likely N-dealkylation sites (tertiary alicyclic amines) is 1. The van der Waals surface area contributed by atoms with E-state index < -0.39 is 0 Å². The Morgan fingerprint density at radius 3 is 2.69 bits per heavy atom. The lowest BCUT2D eigenvalue weighted by Gasteiger charge is -2.34. The number of nitrogens with one attached hydrogen (secondary N) is 1. The van der Waals surface area contributed by atoms with E-state index >= 15 is 0 Å². The van der Waals surface area contributed by atoms with Crippen molar-refractivity contribution in [3.8, 4) is 0 Å². The van der Waals surface area contributed by atoms with Gasteiger partial charge in [-0.15, -0.1) is 24.0 Å². The molecule has 2 aliphatic heterocycles. The monoisotopic (exact) mass is 552 g/mol. The Morgan fingerprint density at radius 2 is 2.03 bits per heavy atom. The fourth-order valence-corrected chi connectivity index (χ4v) is 4.08. The summed E-state index contributed by atoms with van der Waals surface area (Å²) in [5.74, 6) is 1.17. The average Bonchev–Trinajstić information content (AvgIpc) is 3.40. The maximum atomic E-state index is 11.8. The molecule has 2 aliphatic rings. The van der Waals surface area contributed by atoms with Gasteiger partial charge in [0.2, 0.25) is 5.91 Å². The van der Waals surface area contributed by atoms with Gasteiger partial charge in [0, 0.05) is 51.4 Å². The number of morpholine rings is 1. The Bertz CT molecular complexity index is 913. The van der Waals surface area contributed by atoms with Crippen molar-refractivity contribution >= 4 is 35.8 Å². The van der Waals surface area contributed by atoms with E-state index in [1.807, 2.05) is 24.3 Å². The fourth-order valence-electron chi connectivity index (χ4n) is 4.08. The molecule has 8 nitrogen and oxygen atoms in total. The van der Waals surface area contributed by atoms with Gasteiger partial charge < -0.3 is 19.9 Å². The van der Waals surface area contributed by atoms with E-state index in [0.29, 0.717) is 26.1 Å². The van der Waals surface area contributed by atoms with Crippen molar-refractivity contribution in [3.63, 3.8) is 0 Å². The van der Waals surface area contributed by atoms with Gasteiger partial charge >= 0.3 is 0 Å². The second-order valence-corrected chi connectivity index (χ2v) is 8.16. The van der Waals surface area contributed by atoms with Crippen molar-refractivity contribution < 1.29 is 9.53 Å². The second-order valence-electron chi connectivity index (χ2n) is 8.16. The molecule has 2 aromatic rings. The molecule has 0 bridgehead atoms. The Balaban J connectivity index is 0.00000289. The SMILES string of the molecule is CCNC(=NCc1ccc(CN2CCCC2=O)cc1)N1CCOC(c2cnn(C)c2)C1.I. The van der Waals surface area contributed by atoms with Gasteiger partial charge in [0.05, 0.1) is 25.9 Å². The van der Waals surface area contributed by atoms with Crippen LogP contribution in [0.25, 0.3) is 0 Å². The average molecular weight is 552 g/mol. The van der Waals surface area contributed by atoms with Gasteiger partial charge in [-0.2, -0.15) is 5.10 Å². The van der Waals surface area contributed by atoms with Crippen LogP contribution in [0.3, 0.4) is 0 Å². The molecule has 0 aliphatic carbocycles. The molecule has 1 N–H and O–H groups in total. The number of hydrogen-bond acceptors (Lipinski definition) is 4. The number of carbonyl (C=O) groups is 1. The molecule has 3 heterocycles. The number of ether oxygens (including phenoxy) is 1. The van der Waals surface area contributed by atoms with Crippen LogP contribution in [0.2, 0.25) is 0 Å². The zero-order chi connectivity index (χ0) is 21.6. The molecule has 174 valence electrons. The topological polar surface area (TPSA) is 75.0 Å². The summed E-state index contributed by atoms with van der Waals surface area (Å²) in [6.07, 6.45) is 5.54. The van der Waals surface area contributed by atoms with E-state index in [4.69, 9.17) is 9.73 Å². The molecule has 32 heavy (non-hydrogen) atoms. The highest BCUT2D eigenvalue weighted by molar-refractivity contribution is 14.0. The zero-order valence-electron chi connectivity index (χ0n) is 18.9. The second kappa shape index (κ2) is 11.6. The molecule has 1 aromatic heterocycles. The summed E-state index contributed by atoms with van der Waals surface area (Å²) < 4.78 is 7.77. The van der Waals surface area contributed by atoms with Gasteiger partial charge in [-0.1, -0.05) is 24.3 Å². The molecular weight excluding hydrogens is 519 g/mol. The van der Waals surface area contributed by atoms with Crippen LogP contribution in [0.15, 0.2) is 41.7 Å². The van der Waals surface area contributed by atoms with Crippen molar-refractivity contribution in [2.45, 2.75) is 39.0 Å². The summed E-state index contributed by atoms with van der Waals surface area (Å²) in [5.41, 5.74) is 3.42. The first-order valence-electron chi connectivity index (χ1n) is 11.1. The van der Waals surface area contributed by atoms with E-state index in [0.717, 1.165) is 49.7 Å². The largest absolute Gasteiger partial charge is 0.370 e. The molecule has 0 spiro atoms. The van der Waals surface area contributed by atoms with Gasteiger partial charge in [0.25, 0.3) is 0 Å². The van der Waals surface area contributed by atoms with Gasteiger partial charge in [-0.05, 0) is 24.5 Å². The molecular formula is C23H33IN6O2. The van der Waals surface area contributed by atoms with Crippen molar-refractivity contribution in [1.82, 2.24) is 24.9 Å². The first-order chi connectivity index (χ1) is 15.1. The molecule has 2 fully saturated rings. The molecule has 1 unspecified atom stereocenters. The van der Waals surface area contributed by atoms with Crippen LogP contribution < -0.4 is 5.32 Å². The third-order valence-electron chi connectivity index (χ3n) is 5.78. The molecule has 1 amide bonds. The third-order valence-corrected chi connectivity index (χ3v) is 5.78. The van der Waals surface area contributed by atoms with E-state index in [-0.39, 0.29) is 36.0 Å². The molecule has 1 aromatic carbocycles. The minimum absolute atomic E-state index is 0. The fraction of sp³-hybridized carbons (Fsp3) is 0.522. The van der Waals surface area contributed by atoms with Gasteiger partial charge in [-0.3, -0.25) is 9.48 Å². The first-order valence-corrected chi connectivity index (χ1v) is 11.1. The van der Waals surface area contributed by atoms with Crippen LogP contribution in [0.4, 0.5) is 0 Å². The number of aliphatic imine (C=N–C) groups is 1. The summed E-state index contributed by atoms with van der Waals surface area (Å²) in [7, 11) is 1.92. The van der Waals surface area contributed by atoms with Crippen LogP contribution in [0, 0.1) is 0 Å². The first kappa shape index (κ1) is 24.5. The highest BCUT2D eigenvalue weighted by atomic mass is 127. The minimum atomic E-state index is -0.00103. The predicted molar refractivity (Wildman–Crippen MR) is 135 cm³/mol. The molecule has 4 rings (SSSR count). The number of aryl methyl sites for hydroxylation is 1. The third kappa shape index (κ3) is 6.22. The number of amides is 1. The number of nitrogens with zero attached hydrogens (tertiary/aromatic N) is 5. The standard InChI is InChI=1S/C23H32N6O2.HI/c1-3-24-23(29-11-12-31-21(17-29)20-14-26-27(2)16-20)25-13-18-6-8-19(9-7-18)15-28-10-4-5-22(28)30;/h6-9,14,16,21H,3-5,10-13,15,17H2,1-2H3,(H,24,25);1H. The van der Waals surface area contributed by atoms with Crippen LogP contribution in [0.5, 0.6) is 0 Å². The molecule has 9 heteroatoms. The number of halogens is 1. The maximum Gasteiger partial charge on any atom is 0.222 e. The van der Waals surface area contributed by atoms with Gasteiger partial charge in [-0.25, -0.2) is 4.99 Å². The van der Waals surface area contributed by atoms with Crippen LogP contribution in [0.1, 0.15) is 42.6 Å². The Hall–Kier alpha value is -2.14. The van der Waals surface area contributed by atoms with Crippen molar-refractivity contribution in [3.05, 3.63) is 53.3 Å². The Kier molecular flexibility index (Phi) is 8.92. The lowest BCUT2D eigenvalue weighted by Crippen LogP contribution is -2.48. The molecule has 1 atom stereocenters. The van der Waals surface area contributed by atoms with E-state index in [1.54, 1.807) is 4.68 Å². The summed E-state index contributed by atoms with van der Waals surface area (Å²) in [6.45, 7) is 7.31. The number of aromatic nitrogens is 2. The van der Waals surface area contributed by atoms with Crippen molar-refractivity contribution in [1.29, 1.82) is 0 Å². The van der Waals surface area contributed by atoms with Crippen molar-refractivity contribution in [2.24, 2.45) is 12.0 Å². The van der Waals surface area contributed by atoms with E-state index in [9.17, 15) is 4.79 Å². The Labute approximate surface area is 207 Å². The number of carbonyl (C=O) groups excluding carboxylic acids is 1. The zero-order valence-corrected chi connectivity index (χ0v) is 21.2. The minimum Gasteiger partial charge on any atom is -0.370 e. The van der Waals surface area contributed by atoms with E-state index in [1.165, 1.54) is 5.56 Å². The molecule has 0 radical (unpaired) electrons. The number of rotatable bonds is 6. The smallest absolute Gasteiger partial charge is 0.222 e. The number of hydrogen-bond donors (Lipinski definition) is 1. The molecule has 2 saturated heterocycles. The van der Waals surface area contributed by atoms with Crippen molar-refractivity contribution in [2.75, 3.05) is 32.8 Å². The van der Waals surface area contributed by atoms with Crippen LogP contribution in [-0.4, -0.2) is 64.2 Å². The highest BCUT2D eigenvalue weighted by Crippen LogP contribution is 2.22. The lowest BCUT2D eigenvalue weighted by molar-refractivity contribution is -0.128. The molecule has 0 saturated carbocycles. The maximum absolute atomic E-state index is 11.8.